The van der Waals surface area contributed by atoms with Gasteiger partial charge < -0.3 is 15.5 Å². The first-order valence-electron chi connectivity index (χ1n) is 10.2. The van der Waals surface area contributed by atoms with Crippen molar-refractivity contribution in [1.82, 2.24) is 15.2 Å². The van der Waals surface area contributed by atoms with Gasteiger partial charge in [0.2, 0.25) is 5.91 Å². The molecule has 3 heterocycles. The minimum Gasteiger partial charge on any atom is -0.368 e. The van der Waals surface area contributed by atoms with Crippen molar-refractivity contribution >= 4 is 39.2 Å². The number of pyridine rings is 1. The van der Waals surface area contributed by atoms with Crippen LogP contribution in [0.5, 0.6) is 0 Å². The standard InChI is InChI=1S/C24H28N4OS/c1-16-19-7-5-6-8-20(19)30-21(16)14-28(4)22(29)10-9-17-11-18-13-27-24(2,3)15-26-23(18)25-12-17/h5-12,27H,13-15H2,1-4H3,(H,25,26). The van der Waals surface area contributed by atoms with E-state index < -0.39 is 0 Å². The molecule has 0 saturated carbocycles. The minimum absolute atomic E-state index is 0.0140. The Morgan fingerprint density at radius 1 is 1.33 bits per heavy atom. The molecule has 4 rings (SSSR count). The summed E-state index contributed by atoms with van der Waals surface area (Å²) in [7, 11) is 1.85. The summed E-state index contributed by atoms with van der Waals surface area (Å²) in [6.07, 6.45) is 5.29. The average molecular weight is 421 g/mol. The molecule has 30 heavy (non-hydrogen) atoms. The second-order valence-electron chi connectivity index (χ2n) is 8.54. The maximum Gasteiger partial charge on any atom is 0.246 e. The van der Waals surface area contributed by atoms with Gasteiger partial charge in [-0.05, 0) is 55.5 Å². The molecule has 0 fully saturated rings. The Morgan fingerprint density at radius 3 is 2.93 bits per heavy atom. The smallest absolute Gasteiger partial charge is 0.246 e. The largest absolute Gasteiger partial charge is 0.368 e. The van der Waals surface area contributed by atoms with Crippen LogP contribution >= 0.6 is 11.3 Å². The number of carbonyl (C=O) groups excluding carboxylic acids is 1. The molecule has 2 N–H and O–H groups in total. The topological polar surface area (TPSA) is 57.3 Å². The normalized spacial score (nSPS) is 15.6. The summed E-state index contributed by atoms with van der Waals surface area (Å²) in [5.74, 6) is 0.896. The number of nitrogens with zero attached hydrogens (tertiary/aromatic N) is 2. The molecule has 0 atom stereocenters. The molecule has 6 heteroatoms. The van der Waals surface area contributed by atoms with E-state index in [1.165, 1.54) is 20.5 Å². The van der Waals surface area contributed by atoms with E-state index in [0.717, 1.165) is 30.0 Å². The molecular weight excluding hydrogens is 392 g/mol. The number of amides is 1. The average Bonchev–Trinajstić information content (AvgIpc) is 2.95. The monoisotopic (exact) mass is 420 g/mol. The number of aromatic nitrogens is 1. The second kappa shape index (κ2) is 8.20. The van der Waals surface area contributed by atoms with Crippen LogP contribution in [0.2, 0.25) is 0 Å². The van der Waals surface area contributed by atoms with E-state index in [1.54, 1.807) is 22.3 Å². The van der Waals surface area contributed by atoms with Crippen LogP contribution in [0, 0.1) is 6.92 Å². The highest BCUT2D eigenvalue weighted by Crippen LogP contribution is 2.31. The third kappa shape index (κ3) is 4.40. The predicted octanol–water partition coefficient (Wildman–Crippen LogP) is 4.57. The van der Waals surface area contributed by atoms with E-state index in [1.807, 2.05) is 19.3 Å². The number of likely N-dealkylation sites (N-methyl/N-ethyl adjacent to an activating group) is 1. The SMILES string of the molecule is Cc1c(CN(C)C(=O)C=Cc2cnc3c(c2)CNC(C)(C)CN3)sc2ccccc12. The summed E-state index contributed by atoms with van der Waals surface area (Å²) in [5, 5.41) is 8.20. The summed E-state index contributed by atoms with van der Waals surface area (Å²) < 4.78 is 1.27. The van der Waals surface area contributed by atoms with Gasteiger partial charge in [0.15, 0.2) is 0 Å². The Labute approximate surface area is 181 Å². The number of hydrogen-bond acceptors (Lipinski definition) is 5. The van der Waals surface area contributed by atoms with Gasteiger partial charge >= 0.3 is 0 Å². The number of aryl methyl sites for hydroxylation is 1. The van der Waals surface area contributed by atoms with Crippen LogP contribution in [-0.2, 0) is 17.9 Å². The Kier molecular flexibility index (Phi) is 5.62. The molecular formula is C24H28N4OS. The molecule has 2 aromatic heterocycles. The van der Waals surface area contributed by atoms with Crippen molar-refractivity contribution < 1.29 is 4.79 Å². The van der Waals surface area contributed by atoms with Gasteiger partial charge in [-0.2, -0.15) is 0 Å². The zero-order valence-electron chi connectivity index (χ0n) is 18.0. The molecule has 156 valence electrons. The van der Waals surface area contributed by atoms with Gasteiger partial charge in [-0.25, -0.2) is 4.98 Å². The number of hydrogen-bond donors (Lipinski definition) is 2. The number of carbonyl (C=O) groups is 1. The van der Waals surface area contributed by atoms with Crippen molar-refractivity contribution in [3.63, 3.8) is 0 Å². The summed E-state index contributed by atoms with van der Waals surface area (Å²) in [4.78, 5) is 20.2. The first-order chi connectivity index (χ1) is 14.3. The molecule has 1 aliphatic heterocycles. The van der Waals surface area contributed by atoms with Crippen LogP contribution in [0.25, 0.3) is 16.2 Å². The van der Waals surface area contributed by atoms with Crippen LogP contribution in [0.15, 0.2) is 42.6 Å². The number of rotatable bonds is 4. The number of benzene rings is 1. The van der Waals surface area contributed by atoms with Crippen molar-refractivity contribution in [1.29, 1.82) is 0 Å². The fraction of sp³-hybridized carbons (Fsp3) is 0.333. The van der Waals surface area contributed by atoms with Gasteiger partial charge in [-0.3, -0.25) is 4.79 Å². The molecule has 1 amide bonds. The quantitative estimate of drug-likeness (QED) is 0.607. The predicted molar refractivity (Wildman–Crippen MR) is 126 cm³/mol. The summed E-state index contributed by atoms with van der Waals surface area (Å²) in [5.41, 5.74) is 3.32. The summed E-state index contributed by atoms with van der Waals surface area (Å²) in [6.45, 7) is 8.65. The lowest BCUT2D eigenvalue weighted by molar-refractivity contribution is -0.125. The van der Waals surface area contributed by atoms with E-state index in [9.17, 15) is 4.79 Å². The molecule has 0 bridgehead atoms. The van der Waals surface area contributed by atoms with Crippen molar-refractivity contribution in [3.8, 4) is 0 Å². The number of thiophene rings is 1. The first-order valence-corrected chi connectivity index (χ1v) is 11.0. The van der Waals surface area contributed by atoms with E-state index in [0.29, 0.717) is 6.54 Å². The molecule has 5 nitrogen and oxygen atoms in total. The third-order valence-corrected chi connectivity index (χ3v) is 6.82. The van der Waals surface area contributed by atoms with Crippen LogP contribution in [-0.4, -0.2) is 34.9 Å². The first kappa shape index (κ1) is 20.6. The van der Waals surface area contributed by atoms with Gasteiger partial charge in [0.05, 0.1) is 6.54 Å². The van der Waals surface area contributed by atoms with Crippen molar-refractivity contribution in [2.24, 2.45) is 0 Å². The molecule has 0 spiro atoms. The van der Waals surface area contributed by atoms with Crippen molar-refractivity contribution in [3.05, 3.63) is 64.2 Å². The molecule has 0 unspecified atom stereocenters. The highest BCUT2D eigenvalue weighted by molar-refractivity contribution is 7.19. The zero-order chi connectivity index (χ0) is 21.3. The van der Waals surface area contributed by atoms with Gasteiger partial charge in [0, 0.05) is 53.1 Å². The fourth-order valence-electron chi connectivity index (χ4n) is 3.58. The van der Waals surface area contributed by atoms with E-state index in [2.05, 4.69) is 66.7 Å². The van der Waals surface area contributed by atoms with E-state index in [4.69, 9.17) is 0 Å². The third-order valence-electron chi connectivity index (χ3n) is 5.56. The molecule has 3 aromatic rings. The molecule has 1 aliphatic rings. The highest BCUT2D eigenvalue weighted by Gasteiger charge is 2.22. The summed E-state index contributed by atoms with van der Waals surface area (Å²) in [6, 6.07) is 10.5. The second-order valence-corrected chi connectivity index (χ2v) is 9.68. The minimum atomic E-state index is -0.0146. The lowest BCUT2D eigenvalue weighted by Crippen LogP contribution is -2.42. The Morgan fingerprint density at radius 2 is 2.13 bits per heavy atom. The van der Waals surface area contributed by atoms with Gasteiger partial charge in [0.1, 0.15) is 5.82 Å². The number of fused-ring (bicyclic) bond motifs is 2. The number of nitrogens with one attached hydrogen (secondary N) is 2. The maximum atomic E-state index is 12.7. The van der Waals surface area contributed by atoms with Crippen LogP contribution < -0.4 is 10.6 Å². The van der Waals surface area contributed by atoms with Crippen LogP contribution in [0.3, 0.4) is 0 Å². The lowest BCUT2D eigenvalue weighted by Gasteiger charge is -2.23. The number of anilines is 1. The van der Waals surface area contributed by atoms with Crippen LogP contribution in [0.1, 0.15) is 35.4 Å². The van der Waals surface area contributed by atoms with Crippen molar-refractivity contribution in [2.45, 2.75) is 39.4 Å². The Bertz CT molecular complexity index is 1120. The molecule has 0 saturated heterocycles. The summed E-state index contributed by atoms with van der Waals surface area (Å²) >= 11 is 1.76. The van der Waals surface area contributed by atoms with Crippen LogP contribution in [0.4, 0.5) is 5.82 Å². The Balaban J connectivity index is 1.44. The Hall–Kier alpha value is -2.70. The van der Waals surface area contributed by atoms with Gasteiger partial charge in [-0.15, -0.1) is 11.3 Å². The maximum absolute atomic E-state index is 12.7. The van der Waals surface area contributed by atoms with Gasteiger partial charge in [-0.1, -0.05) is 18.2 Å². The van der Waals surface area contributed by atoms with Gasteiger partial charge in [0.25, 0.3) is 0 Å². The zero-order valence-corrected chi connectivity index (χ0v) is 18.8. The van der Waals surface area contributed by atoms with E-state index >= 15 is 0 Å². The molecule has 0 aliphatic carbocycles. The van der Waals surface area contributed by atoms with Crippen molar-refractivity contribution in [2.75, 3.05) is 18.9 Å². The lowest BCUT2D eigenvalue weighted by atomic mass is 10.1. The van der Waals surface area contributed by atoms with E-state index in [-0.39, 0.29) is 11.4 Å². The molecule has 0 radical (unpaired) electrons. The molecule has 1 aromatic carbocycles. The fourth-order valence-corrected chi connectivity index (χ4v) is 4.84. The highest BCUT2D eigenvalue weighted by atomic mass is 32.1.